The van der Waals surface area contributed by atoms with Crippen molar-refractivity contribution in [3.05, 3.63) is 60.4 Å². The van der Waals surface area contributed by atoms with Gasteiger partial charge in [0, 0.05) is 31.5 Å². The highest BCUT2D eigenvalue weighted by molar-refractivity contribution is 7.89. The molecule has 1 saturated heterocycles. The summed E-state index contributed by atoms with van der Waals surface area (Å²) in [5, 5.41) is 1.91. The van der Waals surface area contributed by atoms with Gasteiger partial charge in [-0.05, 0) is 41.7 Å². The summed E-state index contributed by atoms with van der Waals surface area (Å²) in [5.74, 6) is 0.546. The summed E-state index contributed by atoms with van der Waals surface area (Å²) in [6.07, 6.45) is 2.92. The number of sulfonamides is 1. The van der Waals surface area contributed by atoms with Gasteiger partial charge in [-0.25, -0.2) is 27.9 Å². The van der Waals surface area contributed by atoms with Crippen molar-refractivity contribution in [2.24, 2.45) is 11.8 Å². The molecule has 9 heteroatoms. The Morgan fingerprint density at radius 3 is 2.45 bits per heavy atom. The zero-order valence-electron chi connectivity index (χ0n) is 16.9. The van der Waals surface area contributed by atoms with Gasteiger partial charge >= 0.3 is 5.97 Å². The molecule has 2 aromatic carbocycles. The van der Waals surface area contributed by atoms with E-state index >= 15 is 0 Å². The van der Waals surface area contributed by atoms with E-state index in [1.165, 1.54) is 12.4 Å². The Morgan fingerprint density at radius 1 is 1.10 bits per heavy atom. The van der Waals surface area contributed by atoms with E-state index in [4.69, 9.17) is 4.74 Å². The molecule has 1 N–H and O–H groups in total. The third-order valence-electron chi connectivity index (χ3n) is 5.95. The summed E-state index contributed by atoms with van der Waals surface area (Å²) < 4.78 is 33.5. The van der Waals surface area contributed by atoms with Crippen LogP contribution in [0.3, 0.4) is 0 Å². The number of esters is 1. The first-order valence-electron chi connectivity index (χ1n) is 10.2. The Bertz CT molecular complexity index is 1230. The molecule has 2 heterocycles. The molecule has 0 bridgehead atoms. The number of carbonyl (C=O) groups is 1. The predicted molar refractivity (Wildman–Crippen MR) is 115 cm³/mol. The van der Waals surface area contributed by atoms with Crippen molar-refractivity contribution < 1.29 is 17.9 Å². The monoisotopic (exact) mass is 438 g/mol. The van der Waals surface area contributed by atoms with Crippen molar-refractivity contribution in [2.45, 2.75) is 17.9 Å². The molecule has 2 aliphatic rings. The first-order chi connectivity index (χ1) is 15.0. The van der Waals surface area contributed by atoms with Crippen LogP contribution in [-0.4, -0.2) is 50.1 Å². The van der Waals surface area contributed by atoms with Crippen LogP contribution in [0.25, 0.3) is 10.8 Å². The smallest absolute Gasteiger partial charge is 0.341 e. The number of piperidine rings is 1. The number of benzene rings is 2. The van der Waals surface area contributed by atoms with Crippen LogP contribution in [0.15, 0.2) is 59.8 Å². The number of nitrogens with one attached hydrogen (secondary N) is 1. The highest BCUT2D eigenvalue weighted by Crippen LogP contribution is 2.46. The number of ether oxygens (including phenoxy) is 1. The maximum atomic E-state index is 12.9. The van der Waals surface area contributed by atoms with Gasteiger partial charge in [-0.3, -0.25) is 0 Å². The Labute approximate surface area is 180 Å². The molecule has 8 nitrogen and oxygen atoms in total. The molecule has 0 radical (unpaired) electrons. The third-order valence-corrected chi connectivity index (χ3v) is 7.41. The Hall–Kier alpha value is -3.04. The molecule has 31 heavy (non-hydrogen) atoms. The zero-order chi connectivity index (χ0) is 21.6. The summed E-state index contributed by atoms with van der Waals surface area (Å²) in [6, 6.07) is 12.8. The van der Waals surface area contributed by atoms with Gasteiger partial charge in [0.1, 0.15) is 0 Å². The number of hydrogen-bond acceptors (Lipinski definition) is 7. The van der Waals surface area contributed by atoms with Crippen LogP contribution in [0.5, 0.6) is 0 Å². The number of nitrogens with zero attached hydrogens (tertiary/aromatic N) is 3. The quantitative estimate of drug-likeness (QED) is 0.589. The molecule has 1 saturated carbocycles. The van der Waals surface area contributed by atoms with E-state index in [1.54, 1.807) is 19.1 Å². The molecule has 1 aliphatic heterocycles. The molecule has 2 fully saturated rings. The lowest BCUT2D eigenvalue weighted by Crippen LogP contribution is -2.35. The second-order valence-corrected chi connectivity index (χ2v) is 9.59. The molecular formula is C22H22N4O4S. The standard InChI is InChI=1S/C22H22N4O4S/c1-2-30-21(27)16-10-23-22(24-11-16)26-12-18-19(13-26)20(18)25-31(28,29)17-8-7-14-5-3-4-6-15(14)9-17/h3-11,18-20,25H,2,12-13H2,1H3. The van der Waals surface area contributed by atoms with Gasteiger partial charge < -0.3 is 9.64 Å². The SMILES string of the molecule is CCOC(=O)c1cnc(N2CC3C(C2)C3NS(=O)(=O)c2ccc3ccccc3c2)nc1. The molecule has 1 aliphatic carbocycles. The zero-order valence-corrected chi connectivity index (χ0v) is 17.7. The number of carbonyl (C=O) groups excluding carboxylic acids is 1. The van der Waals surface area contributed by atoms with Gasteiger partial charge in [0.25, 0.3) is 0 Å². The van der Waals surface area contributed by atoms with Crippen molar-refractivity contribution in [3.8, 4) is 0 Å². The summed E-state index contributed by atoms with van der Waals surface area (Å²) in [6.45, 7) is 3.39. The first-order valence-corrected chi connectivity index (χ1v) is 11.7. The van der Waals surface area contributed by atoms with Gasteiger partial charge in [-0.2, -0.15) is 0 Å². The van der Waals surface area contributed by atoms with Crippen molar-refractivity contribution in [2.75, 3.05) is 24.6 Å². The fourth-order valence-electron chi connectivity index (χ4n) is 4.25. The van der Waals surface area contributed by atoms with Crippen molar-refractivity contribution >= 4 is 32.7 Å². The molecule has 2 unspecified atom stereocenters. The largest absolute Gasteiger partial charge is 0.462 e. The second kappa shape index (κ2) is 7.58. The third kappa shape index (κ3) is 3.75. The fraction of sp³-hybridized carbons (Fsp3) is 0.318. The van der Waals surface area contributed by atoms with Crippen LogP contribution in [0.4, 0.5) is 5.95 Å². The number of hydrogen-bond donors (Lipinski definition) is 1. The van der Waals surface area contributed by atoms with Crippen LogP contribution in [0.1, 0.15) is 17.3 Å². The van der Waals surface area contributed by atoms with Crippen LogP contribution in [0, 0.1) is 11.8 Å². The van der Waals surface area contributed by atoms with E-state index in [9.17, 15) is 13.2 Å². The maximum Gasteiger partial charge on any atom is 0.341 e. The van der Waals surface area contributed by atoms with E-state index in [0.29, 0.717) is 31.2 Å². The molecule has 0 amide bonds. The lowest BCUT2D eigenvalue weighted by Gasteiger charge is -2.20. The Balaban J connectivity index is 1.22. The van der Waals surface area contributed by atoms with Gasteiger partial charge in [-0.1, -0.05) is 30.3 Å². The lowest BCUT2D eigenvalue weighted by atomic mass is 10.1. The Morgan fingerprint density at radius 2 is 1.77 bits per heavy atom. The minimum absolute atomic E-state index is 0.0773. The topological polar surface area (TPSA) is 101 Å². The van der Waals surface area contributed by atoms with Crippen molar-refractivity contribution in [1.29, 1.82) is 0 Å². The fourth-order valence-corrected chi connectivity index (χ4v) is 5.62. The molecule has 2 atom stereocenters. The highest BCUT2D eigenvalue weighted by Gasteiger charge is 2.57. The summed E-state index contributed by atoms with van der Waals surface area (Å²) in [4.78, 5) is 22.6. The number of fused-ring (bicyclic) bond motifs is 2. The van der Waals surface area contributed by atoms with Crippen molar-refractivity contribution in [3.63, 3.8) is 0 Å². The van der Waals surface area contributed by atoms with Crippen molar-refractivity contribution in [1.82, 2.24) is 14.7 Å². The Kier molecular flexibility index (Phi) is 4.86. The molecular weight excluding hydrogens is 416 g/mol. The normalized spacial score (nSPS) is 22.4. The maximum absolute atomic E-state index is 12.9. The van der Waals surface area contributed by atoms with E-state index in [-0.39, 0.29) is 22.8 Å². The minimum atomic E-state index is -3.58. The number of anilines is 1. The minimum Gasteiger partial charge on any atom is -0.462 e. The van der Waals surface area contributed by atoms with Crippen LogP contribution in [-0.2, 0) is 14.8 Å². The molecule has 160 valence electrons. The molecule has 0 spiro atoms. The summed E-state index contributed by atoms with van der Waals surface area (Å²) in [5.41, 5.74) is 0.316. The van der Waals surface area contributed by atoms with Crippen LogP contribution >= 0.6 is 0 Å². The number of aromatic nitrogens is 2. The van der Waals surface area contributed by atoms with Gasteiger partial charge in [0.05, 0.1) is 17.1 Å². The number of rotatable bonds is 6. The molecule has 3 aromatic rings. The average molecular weight is 439 g/mol. The van der Waals surface area contributed by atoms with Gasteiger partial charge in [0.15, 0.2) is 0 Å². The predicted octanol–water partition coefficient (Wildman–Crippen LogP) is 2.22. The van der Waals surface area contributed by atoms with E-state index in [0.717, 1.165) is 10.8 Å². The van der Waals surface area contributed by atoms with Crippen LogP contribution < -0.4 is 9.62 Å². The van der Waals surface area contributed by atoms with E-state index in [1.807, 2.05) is 35.2 Å². The van der Waals surface area contributed by atoms with E-state index in [2.05, 4.69) is 14.7 Å². The average Bonchev–Trinajstić information content (AvgIpc) is 3.20. The van der Waals surface area contributed by atoms with Crippen LogP contribution in [0.2, 0.25) is 0 Å². The van der Waals surface area contributed by atoms with Gasteiger partial charge in [0.2, 0.25) is 16.0 Å². The summed E-state index contributed by atoms with van der Waals surface area (Å²) in [7, 11) is -3.58. The highest BCUT2D eigenvalue weighted by atomic mass is 32.2. The lowest BCUT2D eigenvalue weighted by molar-refractivity contribution is 0.0525. The molecule has 1 aromatic heterocycles. The second-order valence-electron chi connectivity index (χ2n) is 7.88. The first kappa shape index (κ1) is 19.9. The molecule has 5 rings (SSSR count). The van der Waals surface area contributed by atoms with Gasteiger partial charge in [-0.15, -0.1) is 0 Å². The summed E-state index contributed by atoms with van der Waals surface area (Å²) >= 11 is 0. The van der Waals surface area contributed by atoms with E-state index < -0.39 is 16.0 Å².